The summed E-state index contributed by atoms with van der Waals surface area (Å²) in [6, 6.07) is 0.501. The van der Waals surface area contributed by atoms with E-state index in [0.29, 0.717) is 12.0 Å². The molecular weight excluding hydrogens is 304 g/mol. The fourth-order valence-corrected chi connectivity index (χ4v) is 4.22. The minimum Gasteiger partial charge on any atom is -0.393 e. The molecule has 138 valence electrons. The molecule has 0 bridgehead atoms. The van der Waals surface area contributed by atoms with Crippen molar-refractivity contribution in [2.75, 3.05) is 46.4 Å². The monoisotopic (exact) mass is 338 g/mol. The summed E-state index contributed by atoms with van der Waals surface area (Å²) in [7, 11) is 1.83. The van der Waals surface area contributed by atoms with Crippen LogP contribution in [0.2, 0.25) is 0 Å². The Labute approximate surface area is 146 Å². The van der Waals surface area contributed by atoms with Gasteiger partial charge in [0.25, 0.3) is 0 Å². The molecule has 2 heterocycles. The van der Waals surface area contributed by atoms with Crippen LogP contribution in [-0.2, 0) is 4.74 Å². The number of hydrogen-bond donors (Lipinski definition) is 3. The fraction of sp³-hybridized carbons (Fsp3) is 0.944. The molecule has 0 spiro atoms. The lowest BCUT2D eigenvalue weighted by atomic mass is 10.0. The van der Waals surface area contributed by atoms with Crippen molar-refractivity contribution in [1.29, 1.82) is 0 Å². The van der Waals surface area contributed by atoms with Gasteiger partial charge in [-0.15, -0.1) is 0 Å². The lowest BCUT2D eigenvalue weighted by molar-refractivity contribution is 0.134. The number of aliphatic hydroxyl groups is 1. The van der Waals surface area contributed by atoms with E-state index in [-0.39, 0.29) is 6.10 Å². The van der Waals surface area contributed by atoms with Gasteiger partial charge < -0.3 is 25.4 Å². The van der Waals surface area contributed by atoms with E-state index in [9.17, 15) is 5.11 Å². The van der Waals surface area contributed by atoms with Crippen molar-refractivity contribution in [2.24, 2.45) is 16.8 Å². The second kappa shape index (κ2) is 9.02. The van der Waals surface area contributed by atoms with Crippen LogP contribution < -0.4 is 10.6 Å². The molecule has 1 saturated carbocycles. The maximum absolute atomic E-state index is 9.93. The van der Waals surface area contributed by atoms with E-state index in [2.05, 4.69) is 20.5 Å². The molecule has 3 fully saturated rings. The SMILES string of the molecule is CN=C(NCC1CCCC1O)NC1CCN(CC2CCOC2)CC1. The zero-order chi connectivity index (χ0) is 16.8. The third-order valence-corrected chi connectivity index (χ3v) is 5.84. The molecule has 2 aliphatic heterocycles. The van der Waals surface area contributed by atoms with Gasteiger partial charge in [-0.05, 0) is 38.0 Å². The average Bonchev–Trinajstić information content (AvgIpc) is 3.25. The largest absolute Gasteiger partial charge is 0.393 e. The molecule has 0 aromatic carbocycles. The number of piperidine rings is 1. The number of aliphatic hydroxyl groups excluding tert-OH is 1. The third kappa shape index (κ3) is 5.07. The van der Waals surface area contributed by atoms with Gasteiger partial charge in [0.1, 0.15) is 0 Å². The second-order valence-corrected chi connectivity index (χ2v) is 7.66. The first kappa shape index (κ1) is 18.0. The van der Waals surface area contributed by atoms with Crippen LogP contribution in [0.25, 0.3) is 0 Å². The zero-order valence-electron chi connectivity index (χ0n) is 15.0. The Hall–Kier alpha value is -0.850. The minimum atomic E-state index is -0.140. The fourth-order valence-electron chi connectivity index (χ4n) is 4.22. The number of likely N-dealkylation sites (tertiary alicyclic amines) is 1. The Bertz CT molecular complexity index is 404. The summed E-state index contributed by atoms with van der Waals surface area (Å²) in [5.74, 6) is 2.00. The van der Waals surface area contributed by atoms with Gasteiger partial charge in [0, 0.05) is 51.8 Å². The van der Waals surface area contributed by atoms with Crippen molar-refractivity contribution in [3.8, 4) is 0 Å². The van der Waals surface area contributed by atoms with Crippen molar-refractivity contribution >= 4 is 5.96 Å². The highest BCUT2D eigenvalue weighted by atomic mass is 16.5. The van der Waals surface area contributed by atoms with Crippen LogP contribution in [0.3, 0.4) is 0 Å². The molecule has 24 heavy (non-hydrogen) atoms. The predicted octanol–water partition coefficient (Wildman–Crippen LogP) is 0.813. The van der Waals surface area contributed by atoms with Crippen LogP contribution in [0.1, 0.15) is 38.5 Å². The highest BCUT2D eigenvalue weighted by Gasteiger charge is 2.26. The van der Waals surface area contributed by atoms with Crippen molar-refractivity contribution in [2.45, 2.75) is 50.7 Å². The van der Waals surface area contributed by atoms with Crippen LogP contribution in [0.15, 0.2) is 4.99 Å². The van der Waals surface area contributed by atoms with Gasteiger partial charge in [-0.2, -0.15) is 0 Å². The summed E-state index contributed by atoms with van der Waals surface area (Å²) in [4.78, 5) is 6.94. The summed E-state index contributed by atoms with van der Waals surface area (Å²) in [5.41, 5.74) is 0. The van der Waals surface area contributed by atoms with E-state index in [1.54, 1.807) is 0 Å². The minimum absolute atomic E-state index is 0.140. The van der Waals surface area contributed by atoms with E-state index in [4.69, 9.17) is 4.74 Å². The lowest BCUT2D eigenvalue weighted by Gasteiger charge is -2.34. The smallest absolute Gasteiger partial charge is 0.191 e. The van der Waals surface area contributed by atoms with Gasteiger partial charge in [0.05, 0.1) is 12.7 Å². The van der Waals surface area contributed by atoms with Gasteiger partial charge in [0.2, 0.25) is 0 Å². The molecule has 0 radical (unpaired) electrons. The Morgan fingerprint density at radius 3 is 2.67 bits per heavy atom. The molecule has 3 atom stereocenters. The standard InChI is InChI=1S/C18H34N4O2/c1-19-18(20-11-15-3-2-4-17(15)23)21-16-5-8-22(9-6-16)12-14-7-10-24-13-14/h14-17,23H,2-13H2,1H3,(H2,19,20,21). The van der Waals surface area contributed by atoms with Crippen LogP contribution >= 0.6 is 0 Å². The number of nitrogens with one attached hydrogen (secondary N) is 2. The summed E-state index contributed by atoms with van der Waals surface area (Å²) in [6.45, 7) is 6.22. The predicted molar refractivity (Wildman–Crippen MR) is 96.2 cm³/mol. The maximum Gasteiger partial charge on any atom is 0.191 e. The Morgan fingerprint density at radius 1 is 1.21 bits per heavy atom. The Morgan fingerprint density at radius 2 is 2.04 bits per heavy atom. The van der Waals surface area contributed by atoms with E-state index in [1.165, 1.54) is 25.8 Å². The lowest BCUT2D eigenvalue weighted by Crippen LogP contribution is -2.50. The first-order valence-electron chi connectivity index (χ1n) is 9.70. The number of nitrogens with zero attached hydrogens (tertiary/aromatic N) is 2. The maximum atomic E-state index is 9.93. The van der Waals surface area contributed by atoms with Crippen LogP contribution in [0, 0.1) is 11.8 Å². The van der Waals surface area contributed by atoms with E-state index in [1.807, 2.05) is 7.05 Å². The van der Waals surface area contributed by atoms with Crippen molar-refractivity contribution in [1.82, 2.24) is 15.5 Å². The summed E-state index contributed by atoms with van der Waals surface area (Å²) < 4.78 is 5.48. The molecular formula is C18H34N4O2. The molecule has 3 N–H and O–H groups in total. The Balaban J connectivity index is 1.34. The summed E-state index contributed by atoms with van der Waals surface area (Å²) >= 11 is 0. The molecule has 0 aromatic rings. The van der Waals surface area contributed by atoms with Crippen LogP contribution in [-0.4, -0.2) is 74.6 Å². The van der Waals surface area contributed by atoms with Crippen LogP contribution in [0.4, 0.5) is 0 Å². The Kier molecular flexibility index (Phi) is 6.75. The quantitative estimate of drug-likeness (QED) is 0.511. The topological polar surface area (TPSA) is 69.1 Å². The molecule has 6 heteroatoms. The van der Waals surface area contributed by atoms with E-state index in [0.717, 1.165) is 64.0 Å². The summed E-state index contributed by atoms with van der Waals surface area (Å²) in [6.07, 6.45) is 6.63. The highest BCUT2D eigenvalue weighted by Crippen LogP contribution is 2.24. The molecule has 3 rings (SSSR count). The van der Waals surface area contributed by atoms with Gasteiger partial charge in [-0.3, -0.25) is 4.99 Å². The van der Waals surface area contributed by atoms with Crippen molar-refractivity contribution in [3.63, 3.8) is 0 Å². The molecule has 6 nitrogen and oxygen atoms in total. The van der Waals surface area contributed by atoms with Crippen molar-refractivity contribution < 1.29 is 9.84 Å². The third-order valence-electron chi connectivity index (χ3n) is 5.84. The molecule has 0 aromatic heterocycles. The number of ether oxygens (including phenoxy) is 1. The molecule has 3 aliphatic rings. The highest BCUT2D eigenvalue weighted by molar-refractivity contribution is 5.79. The number of guanidine groups is 1. The number of rotatable bonds is 5. The van der Waals surface area contributed by atoms with Crippen molar-refractivity contribution in [3.05, 3.63) is 0 Å². The number of aliphatic imine (C=N–C) groups is 1. The van der Waals surface area contributed by atoms with Gasteiger partial charge in [0.15, 0.2) is 5.96 Å². The first-order chi connectivity index (χ1) is 11.7. The normalized spacial score (nSPS) is 33.1. The van der Waals surface area contributed by atoms with E-state index >= 15 is 0 Å². The molecule has 2 saturated heterocycles. The average molecular weight is 338 g/mol. The molecule has 3 unspecified atom stereocenters. The number of hydrogen-bond acceptors (Lipinski definition) is 4. The van der Waals surface area contributed by atoms with Gasteiger partial charge >= 0.3 is 0 Å². The zero-order valence-corrected chi connectivity index (χ0v) is 15.0. The summed E-state index contributed by atoms with van der Waals surface area (Å²) in [5, 5.41) is 16.9. The second-order valence-electron chi connectivity index (χ2n) is 7.66. The van der Waals surface area contributed by atoms with Gasteiger partial charge in [-0.25, -0.2) is 0 Å². The van der Waals surface area contributed by atoms with E-state index < -0.39 is 0 Å². The van der Waals surface area contributed by atoms with Crippen LogP contribution in [0.5, 0.6) is 0 Å². The molecule has 1 aliphatic carbocycles. The molecule has 0 amide bonds. The van der Waals surface area contributed by atoms with Gasteiger partial charge in [-0.1, -0.05) is 6.42 Å². The first-order valence-corrected chi connectivity index (χ1v) is 9.70.